The number of nitrogens with one attached hydrogen (secondary N) is 1. The van der Waals surface area contributed by atoms with E-state index in [9.17, 15) is 37.6 Å². The molecule has 0 bridgehead atoms. The Bertz CT molecular complexity index is 1550. The van der Waals surface area contributed by atoms with Crippen LogP contribution in [-0.2, 0) is 20.5 Å². The molecular formula is C30H31F3N6O5. The van der Waals surface area contributed by atoms with Gasteiger partial charge in [0.15, 0.2) is 11.5 Å². The van der Waals surface area contributed by atoms with Gasteiger partial charge in [0, 0.05) is 43.2 Å². The van der Waals surface area contributed by atoms with Crippen LogP contribution in [0.25, 0.3) is 0 Å². The first-order valence-corrected chi connectivity index (χ1v) is 14.7. The molecule has 0 spiro atoms. The van der Waals surface area contributed by atoms with Crippen molar-refractivity contribution in [3.8, 4) is 6.07 Å². The monoisotopic (exact) mass is 612 g/mol. The Kier molecular flexibility index (Phi) is 7.69. The van der Waals surface area contributed by atoms with Crippen molar-refractivity contribution in [3.05, 3.63) is 46.6 Å². The zero-order valence-electron chi connectivity index (χ0n) is 24.0. The summed E-state index contributed by atoms with van der Waals surface area (Å²) in [6.07, 6.45) is -2.17. The number of carbonyl (C=O) groups excluding carboxylic acids is 4. The van der Waals surface area contributed by atoms with E-state index in [1.54, 1.807) is 11.6 Å². The highest BCUT2D eigenvalue weighted by molar-refractivity contribution is 6.07. The zero-order valence-corrected chi connectivity index (χ0v) is 24.0. The number of hydrogen-bond donors (Lipinski definition) is 1. The fourth-order valence-electron chi connectivity index (χ4n) is 6.59. The second kappa shape index (κ2) is 11.4. The molecule has 3 aliphatic heterocycles. The molecule has 3 fully saturated rings. The number of nitriles is 1. The molecule has 1 aliphatic carbocycles. The standard InChI is InChI=1S/C30H31F3N6O5/c1-2-37-27-23(25(36-39(27)19-8-10-44-11-9-19)29(43)38-15-21(40)13-20(38)14-34)22(16-6-7-16)24(28(37)42)35-26(41)17-4-3-5-18(12-17)30(31,32)33/h3-5,12,16,19-20,22,24H,2,6-11,13,15H2,1H3,(H,35,41)/t20-,22-,24-/m0/s1. The van der Waals surface area contributed by atoms with Crippen LogP contribution in [0.1, 0.15) is 83.0 Å². The summed E-state index contributed by atoms with van der Waals surface area (Å²) in [6, 6.07) is 3.67. The molecule has 2 saturated heterocycles. The van der Waals surface area contributed by atoms with Gasteiger partial charge in [-0.15, -0.1) is 0 Å². The fraction of sp³-hybridized carbons (Fsp3) is 0.533. The summed E-state index contributed by atoms with van der Waals surface area (Å²) in [5, 5.41) is 17.2. The Morgan fingerprint density at radius 1 is 1.16 bits per heavy atom. The number of nitrogens with zero attached hydrogens (tertiary/aromatic N) is 5. The summed E-state index contributed by atoms with van der Waals surface area (Å²) in [4.78, 5) is 56.6. The number of fused-ring (bicyclic) bond motifs is 1. The first-order chi connectivity index (χ1) is 21.0. The minimum absolute atomic E-state index is 0.0163. The maximum absolute atomic E-state index is 14.1. The third-order valence-corrected chi connectivity index (χ3v) is 8.88. The maximum Gasteiger partial charge on any atom is 0.416 e. The number of alkyl halides is 3. The highest BCUT2D eigenvalue weighted by Gasteiger charge is 2.53. The number of benzene rings is 1. The minimum Gasteiger partial charge on any atom is -0.381 e. The zero-order chi connectivity index (χ0) is 31.3. The van der Waals surface area contributed by atoms with Gasteiger partial charge in [-0.3, -0.25) is 24.1 Å². The van der Waals surface area contributed by atoms with Crippen LogP contribution in [0.15, 0.2) is 24.3 Å². The lowest BCUT2D eigenvalue weighted by molar-refractivity contribution is -0.137. The van der Waals surface area contributed by atoms with Gasteiger partial charge in [-0.1, -0.05) is 6.07 Å². The van der Waals surface area contributed by atoms with Crippen molar-refractivity contribution < 1.29 is 37.1 Å². The fourth-order valence-corrected chi connectivity index (χ4v) is 6.59. The van der Waals surface area contributed by atoms with Gasteiger partial charge in [0.25, 0.3) is 17.7 Å². The lowest BCUT2D eigenvalue weighted by atomic mass is 9.82. The van der Waals surface area contributed by atoms with E-state index in [1.807, 2.05) is 6.07 Å². The number of ketones is 1. The Morgan fingerprint density at radius 2 is 1.89 bits per heavy atom. The highest BCUT2D eigenvalue weighted by Crippen LogP contribution is 2.52. The largest absolute Gasteiger partial charge is 0.416 e. The molecular weight excluding hydrogens is 581 g/mol. The quantitative estimate of drug-likeness (QED) is 0.529. The van der Waals surface area contributed by atoms with E-state index in [0.29, 0.717) is 50.3 Å². The number of rotatable bonds is 6. The van der Waals surface area contributed by atoms with E-state index < -0.39 is 47.5 Å². The van der Waals surface area contributed by atoms with Crippen molar-refractivity contribution in [2.24, 2.45) is 5.92 Å². The third-order valence-electron chi connectivity index (χ3n) is 8.88. The average molecular weight is 613 g/mol. The molecule has 1 saturated carbocycles. The number of ether oxygens (including phenoxy) is 1. The number of aromatic nitrogens is 2. The average Bonchev–Trinajstić information content (AvgIpc) is 3.67. The second-order valence-corrected chi connectivity index (χ2v) is 11.7. The van der Waals surface area contributed by atoms with Crippen molar-refractivity contribution in [1.82, 2.24) is 20.0 Å². The molecule has 1 aromatic heterocycles. The topological polar surface area (TPSA) is 138 Å². The van der Waals surface area contributed by atoms with Crippen LogP contribution in [0.2, 0.25) is 0 Å². The molecule has 14 heteroatoms. The first kappa shape index (κ1) is 29.8. The van der Waals surface area contributed by atoms with Crippen LogP contribution in [0, 0.1) is 17.2 Å². The van der Waals surface area contributed by atoms with Gasteiger partial charge in [0.05, 0.1) is 24.2 Å². The summed E-state index contributed by atoms with van der Waals surface area (Å²) in [5.74, 6) is -2.51. The summed E-state index contributed by atoms with van der Waals surface area (Å²) in [7, 11) is 0. The number of carbonyl (C=O) groups is 4. The van der Waals surface area contributed by atoms with Gasteiger partial charge >= 0.3 is 6.18 Å². The second-order valence-electron chi connectivity index (χ2n) is 11.7. The number of halogens is 3. The number of amides is 3. The predicted molar refractivity (Wildman–Crippen MR) is 148 cm³/mol. The van der Waals surface area contributed by atoms with E-state index in [4.69, 9.17) is 9.84 Å². The molecule has 0 radical (unpaired) electrons. The van der Waals surface area contributed by atoms with E-state index in [-0.39, 0.29) is 48.5 Å². The van der Waals surface area contributed by atoms with Gasteiger partial charge < -0.3 is 15.0 Å². The number of likely N-dealkylation sites (N-methyl/N-ethyl adjacent to an activating group) is 1. The molecule has 3 amide bonds. The van der Waals surface area contributed by atoms with Crippen molar-refractivity contribution in [2.45, 2.75) is 69.2 Å². The normalized spacial score (nSPS) is 24.3. The predicted octanol–water partition coefficient (Wildman–Crippen LogP) is 3.22. The van der Waals surface area contributed by atoms with E-state index >= 15 is 0 Å². The van der Waals surface area contributed by atoms with Crippen LogP contribution in [0.3, 0.4) is 0 Å². The smallest absolute Gasteiger partial charge is 0.381 e. The van der Waals surface area contributed by atoms with Crippen molar-refractivity contribution in [2.75, 3.05) is 31.2 Å². The van der Waals surface area contributed by atoms with Gasteiger partial charge in [-0.05, 0) is 56.7 Å². The van der Waals surface area contributed by atoms with Gasteiger partial charge in [0.2, 0.25) is 0 Å². The van der Waals surface area contributed by atoms with Gasteiger partial charge in [-0.2, -0.15) is 23.5 Å². The number of likely N-dealkylation sites (tertiary alicyclic amines) is 1. The molecule has 0 unspecified atom stereocenters. The Morgan fingerprint density at radius 3 is 2.52 bits per heavy atom. The summed E-state index contributed by atoms with van der Waals surface area (Å²) in [6.45, 7) is 2.60. The number of Topliss-reactive ketones (excluding diaryl/α,β-unsaturated/α-hetero) is 1. The van der Waals surface area contributed by atoms with E-state index in [2.05, 4.69) is 5.32 Å². The van der Waals surface area contributed by atoms with Gasteiger partial charge in [0.1, 0.15) is 17.9 Å². The Hall–Kier alpha value is -4.25. The number of anilines is 1. The molecule has 1 aromatic carbocycles. The number of hydrogen-bond acceptors (Lipinski definition) is 7. The summed E-state index contributed by atoms with van der Waals surface area (Å²) in [5.41, 5.74) is -0.773. The van der Waals surface area contributed by atoms with Crippen LogP contribution in [0.4, 0.5) is 19.0 Å². The molecule has 2 aromatic rings. The highest BCUT2D eigenvalue weighted by atomic mass is 19.4. The van der Waals surface area contributed by atoms with E-state index in [1.165, 1.54) is 15.9 Å². The van der Waals surface area contributed by atoms with E-state index in [0.717, 1.165) is 18.2 Å². The SMILES string of the molecule is CCN1C(=O)[C@@H](NC(=O)c2cccc(C(F)(F)F)c2)[C@@H](C2CC2)c2c(C(=O)N3CC(=O)C[C@H]3C#N)nn(C3CCOCC3)c21. The lowest BCUT2D eigenvalue weighted by Gasteiger charge is -2.39. The lowest BCUT2D eigenvalue weighted by Crippen LogP contribution is -2.56. The molecule has 44 heavy (non-hydrogen) atoms. The van der Waals surface area contributed by atoms with Crippen molar-refractivity contribution in [3.63, 3.8) is 0 Å². The summed E-state index contributed by atoms with van der Waals surface area (Å²) < 4.78 is 47.4. The maximum atomic E-state index is 14.1. The van der Waals surface area contributed by atoms with Crippen molar-refractivity contribution in [1.29, 1.82) is 5.26 Å². The molecule has 11 nitrogen and oxygen atoms in total. The molecule has 3 atom stereocenters. The van der Waals surface area contributed by atoms with Crippen LogP contribution < -0.4 is 10.2 Å². The molecule has 232 valence electrons. The molecule has 4 heterocycles. The van der Waals surface area contributed by atoms with Crippen LogP contribution in [-0.4, -0.2) is 76.6 Å². The molecule has 4 aliphatic rings. The molecule has 6 rings (SSSR count). The molecule has 1 N–H and O–H groups in total. The first-order valence-electron chi connectivity index (χ1n) is 14.7. The summed E-state index contributed by atoms with van der Waals surface area (Å²) >= 11 is 0. The van der Waals surface area contributed by atoms with Crippen LogP contribution in [0.5, 0.6) is 0 Å². The van der Waals surface area contributed by atoms with Gasteiger partial charge in [-0.25, -0.2) is 4.68 Å². The third kappa shape index (κ3) is 5.23. The van der Waals surface area contributed by atoms with Crippen LogP contribution >= 0.6 is 0 Å². The van der Waals surface area contributed by atoms with Crippen molar-refractivity contribution >= 4 is 29.3 Å². The Labute approximate surface area is 250 Å². The minimum atomic E-state index is -4.66. The Balaban J connectivity index is 1.46.